The third-order valence-corrected chi connectivity index (χ3v) is 6.52. The van der Waals surface area contributed by atoms with Gasteiger partial charge in [0.2, 0.25) is 5.91 Å². The Morgan fingerprint density at radius 1 is 1.16 bits per heavy atom. The van der Waals surface area contributed by atoms with Crippen LogP contribution in [0, 0.1) is 0 Å². The van der Waals surface area contributed by atoms with Gasteiger partial charge in [-0.2, -0.15) is 5.10 Å². The molecule has 2 aliphatic carbocycles. The van der Waals surface area contributed by atoms with Crippen LogP contribution in [-0.4, -0.2) is 35.3 Å². The number of benzene rings is 1. The molecule has 2 aromatic heterocycles. The lowest BCUT2D eigenvalue weighted by molar-refractivity contribution is -0.117. The lowest BCUT2D eigenvalue weighted by atomic mass is 9.96. The molecule has 0 radical (unpaired) electrons. The van der Waals surface area contributed by atoms with Crippen LogP contribution in [0.1, 0.15) is 52.5 Å². The van der Waals surface area contributed by atoms with E-state index in [1.165, 1.54) is 11.1 Å². The second kappa shape index (κ2) is 8.49. The zero-order valence-corrected chi connectivity index (χ0v) is 18.2. The van der Waals surface area contributed by atoms with E-state index in [0.717, 1.165) is 48.1 Å². The summed E-state index contributed by atoms with van der Waals surface area (Å²) in [6.07, 6.45) is 13.4. The molecule has 7 heteroatoms. The van der Waals surface area contributed by atoms with Gasteiger partial charge in [-0.15, -0.1) is 0 Å². The number of hydrogen-bond donors (Lipinski definition) is 2. The van der Waals surface area contributed by atoms with Crippen molar-refractivity contribution in [3.05, 3.63) is 70.7 Å². The SMILES string of the molecule is COc1ccc2c(c1OC)CCC2C(=O)Nc1cc2c(cn1)C=CC(c1cn[nH]c1)CC2. The van der Waals surface area contributed by atoms with Crippen LogP contribution in [0.2, 0.25) is 0 Å². The van der Waals surface area contributed by atoms with Crippen LogP contribution in [0.25, 0.3) is 6.08 Å². The van der Waals surface area contributed by atoms with Crippen LogP contribution >= 0.6 is 0 Å². The summed E-state index contributed by atoms with van der Waals surface area (Å²) in [5.41, 5.74) is 5.52. The molecule has 32 heavy (non-hydrogen) atoms. The first-order chi connectivity index (χ1) is 15.7. The quantitative estimate of drug-likeness (QED) is 0.632. The van der Waals surface area contributed by atoms with Crippen LogP contribution in [0.5, 0.6) is 11.5 Å². The molecule has 5 rings (SSSR count). The van der Waals surface area contributed by atoms with E-state index in [-0.39, 0.29) is 11.8 Å². The van der Waals surface area contributed by atoms with Gasteiger partial charge < -0.3 is 14.8 Å². The summed E-state index contributed by atoms with van der Waals surface area (Å²) in [7, 11) is 3.26. The molecule has 0 saturated carbocycles. The summed E-state index contributed by atoms with van der Waals surface area (Å²) >= 11 is 0. The van der Waals surface area contributed by atoms with Crippen LogP contribution < -0.4 is 14.8 Å². The summed E-state index contributed by atoms with van der Waals surface area (Å²) in [6.45, 7) is 0. The molecule has 2 heterocycles. The Bertz CT molecular complexity index is 1170. The molecule has 2 N–H and O–H groups in total. The lowest BCUT2D eigenvalue weighted by Gasteiger charge is -2.15. The molecule has 2 atom stereocenters. The van der Waals surface area contributed by atoms with Crippen LogP contribution in [-0.2, 0) is 17.6 Å². The number of aromatic nitrogens is 3. The number of pyridine rings is 1. The number of methoxy groups -OCH3 is 2. The second-order valence-corrected chi connectivity index (χ2v) is 8.25. The van der Waals surface area contributed by atoms with E-state index in [2.05, 4.69) is 32.7 Å². The fourth-order valence-corrected chi connectivity index (χ4v) is 4.83. The fourth-order valence-electron chi connectivity index (χ4n) is 4.83. The van der Waals surface area contributed by atoms with Crippen molar-refractivity contribution in [3.8, 4) is 11.5 Å². The van der Waals surface area contributed by atoms with Gasteiger partial charge in [0.05, 0.1) is 26.3 Å². The van der Waals surface area contributed by atoms with E-state index in [9.17, 15) is 4.79 Å². The smallest absolute Gasteiger partial charge is 0.233 e. The molecule has 7 nitrogen and oxygen atoms in total. The number of anilines is 1. The number of aryl methyl sites for hydroxylation is 1. The number of allylic oxidation sites excluding steroid dienone is 1. The number of carbonyl (C=O) groups excluding carboxylic acids is 1. The minimum Gasteiger partial charge on any atom is -0.493 e. The van der Waals surface area contributed by atoms with Crippen molar-refractivity contribution in [1.82, 2.24) is 15.2 Å². The number of hydrogen-bond acceptors (Lipinski definition) is 5. The maximum Gasteiger partial charge on any atom is 0.233 e. The van der Waals surface area contributed by atoms with E-state index in [0.29, 0.717) is 17.5 Å². The van der Waals surface area contributed by atoms with Crippen molar-refractivity contribution in [2.75, 3.05) is 19.5 Å². The summed E-state index contributed by atoms with van der Waals surface area (Å²) in [5, 5.41) is 9.99. The average molecular weight is 431 g/mol. The van der Waals surface area contributed by atoms with E-state index in [1.807, 2.05) is 36.8 Å². The molecule has 0 fully saturated rings. The van der Waals surface area contributed by atoms with Crippen molar-refractivity contribution in [3.63, 3.8) is 0 Å². The predicted octanol–water partition coefficient (Wildman–Crippen LogP) is 4.23. The number of carbonyl (C=O) groups is 1. The number of amides is 1. The minimum atomic E-state index is -0.226. The Hall–Kier alpha value is -3.61. The third-order valence-electron chi connectivity index (χ3n) is 6.52. The highest BCUT2D eigenvalue weighted by molar-refractivity contribution is 5.96. The van der Waals surface area contributed by atoms with Crippen molar-refractivity contribution >= 4 is 17.8 Å². The van der Waals surface area contributed by atoms with Gasteiger partial charge in [0, 0.05) is 23.9 Å². The van der Waals surface area contributed by atoms with Crippen LogP contribution in [0.15, 0.2) is 42.9 Å². The molecule has 0 aliphatic heterocycles. The zero-order chi connectivity index (χ0) is 22.1. The number of ether oxygens (including phenoxy) is 2. The predicted molar refractivity (Wildman–Crippen MR) is 122 cm³/mol. The number of nitrogens with zero attached hydrogens (tertiary/aromatic N) is 2. The first-order valence-corrected chi connectivity index (χ1v) is 10.9. The average Bonchev–Trinajstić information content (AvgIpc) is 3.45. The Kier molecular flexibility index (Phi) is 5.39. The maximum atomic E-state index is 13.1. The van der Waals surface area contributed by atoms with Crippen molar-refractivity contribution in [2.24, 2.45) is 0 Å². The Balaban J connectivity index is 1.32. The first kappa shape index (κ1) is 20.3. The van der Waals surface area contributed by atoms with E-state index >= 15 is 0 Å². The van der Waals surface area contributed by atoms with Gasteiger partial charge in [0.15, 0.2) is 11.5 Å². The lowest BCUT2D eigenvalue weighted by Crippen LogP contribution is -2.20. The molecule has 1 aromatic carbocycles. The molecule has 1 amide bonds. The van der Waals surface area contributed by atoms with Gasteiger partial charge in [-0.1, -0.05) is 18.2 Å². The van der Waals surface area contributed by atoms with Gasteiger partial charge in [-0.25, -0.2) is 4.98 Å². The largest absolute Gasteiger partial charge is 0.493 e. The molecule has 0 saturated heterocycles. The number of fused-ring (bicyclic) bond motifs is 2. The first-order valence-electron chi connectivity index (χ1n) is 10.9. The minimum absolute atomic E-state index is 0.0381. The van der Waals surface area contributed by atoms with E-state index in [1.54, 1.807) is 14.2 Å². The third kappa shape index (κ3) is 3.64. The zero-order valence-electron chi connectivity index (χ0n) is 18.2. The highest BCUT2D eigenvalue weighted by Crippen LogP contribution is 2.43. The normalized spacial score (nSPS) is 19.1. The Morgan fingerprint density at radius 2 is 2.06 bits per heavy atom. The summed E-state index contributed by atoms with van der Waals surface area (Å²) in [5.74, 6) is 2.07. The topological polar surface area (TPSA) is 89.1 Å². The monoisotopic (exact) mass is 430 g/mol. The molecule has 2 aliphatic rings. The van der Waals surface area contributed by atoms with Gasteiger partial charge in [0.25, 0.3) is 0 Å². The van der Waals surface area contributed by atoms with Gasteiger partial charge >= 0.3 is 0 Å². The summed E-state index contributed by atoms with van der Waals surface area (Å²) in [4.78, 5) is 17.6. The molecular weight excluding hydrogens is 404 g/mol. The fraction of sp³-hybridized carbons (Fsp3) is 0.320. The highest BCUT2D eigenvalue weighted by Gasteiger charge is 2.32. The van der Waals surface area contributed by atoms with Crippen molar-refractivity contribution < 1.29 is 14.3 Å². The van der Waals surface area contributed by atoms with E-state index < -0.39 is 0 Å². The molecule has 3 aromatic rings. The number of rotatable bonds is 5. The number of nitrogens with one attached hydrogen (secondary N) is 2. The second-order valence-electron chi connectivity index (χ2n) is 8.25. The molecule has 164 valence electrons. The molecule has 0 spiro atoms. The summed E-state index contributed by atoms with van der Waals surface area (Å²) < 4.78 is 11.0. The van der Waals surface area contributed by atoms with Crippen LogP contribution in [0.4, 0.5) is 5.82 Å². The standard InChI is InChI=1S/C25H26N4O3/c1-31-22-10-9-19-20(24(22)32-2)7-8-21(19)25(30)29-23-11-16-5-3-15(18-13-27-28-14-18)4-6-17(16)12-26-23/h4,6,9-15,21H,3,5,7-8H2,1-2H3,(H,27,28)(H,26,29,30). The Labute approximate surface area is 186 Å². The van der Waals surface area contributed by atoms with Crippen LogP contribution in [0.3, 0.4) is 0 Å². The van der Waals surface area contributed by atoms with E-state index in [4.69, 9.17) is 9.47 Å². The van der Waals surface area contributed by atoms with Crippen molar-refractivity contribution in [1.29, 1.82) is 0 Å². The molecule has 2 unspecified atom stereocenters. The number of aromatic amines is 1. The molecule has 0 bridgehead atoms. The Morgan fingerprint density at radius 3 is 2.84 bits per heavy atom. The summed E-state index contributed by atoms with van der Waals surface area (Å²) in [6, 6.07) is 5.84. The maximum absolute atomic E-state index is 13.1. The van der Waals surface area contributed by atoms with Gasteiger partial charge in [0.1, 0.15) is 5.82 Å². The van der Waals surface area contributed by atoms with Gasteiger partial charge in [-0.3, -0.25) is 9.89 Å². The van der Waals surface area contributed by atoms with Crippen molar-refractivity contribution in [2.45, 2.75) is 37.5 Å². The molecular formula is C25H26N4O3. The van der Waals surface area contributed by atoms with Gasteiger partial charge in [-0.05, 0) is 60.1 Å². The highest BCUT2D eigenvalue weighted by atomic mass is 16.5. The number of H-pyrrole nitrogens is 1.